The number of aldehydes is 1. The van der Waals surface area contributed by atoms with E-state index in [0.29, 0.717) is 0 Å². The molecular weight excluding hydrogens is 244 g/mol. The molecule has 1 rings (SSSR count). The van der Waals surface area contributed by atoms with Crippen molar-refractivity contribution in [3.8, 4) is 5.75 Å². The Kier molecular flexibility index (Phi) is 3.69. The standard InChI is InChI=1S/C11H13BrO2/c1-7-6-10(12)8(2)9(3)11(7)14-5-4-13/h4,6H,5H2,1-3H3. The molecule has 0 bridgehead atoms. The molecule has 0 aromatic heterocycles. The third kappa shape index (κ3) is 2.15. The normalized spacial score (nSPS) is 10.0. The van der Waals surface area contributed by atoms with E-state index in [1.54, 1.807) is 0 Å². The fraction of sp³-hybridized carbons (Fsp3) is 0.364. The highest BCUT2D eigenvalue weighted by Gasteiger charge is 2.09. The number of carbonyl (C=O) groups excluding carboxylic acids is 1. The molecule has 14 heavy (non-hydrogen) atoms. The maximum atomic E-state index is 10.2. The Balaban J connectivity index is 3.15. The molecule has 3 heteroatoms. The maximum Gasteiger partial charge on any atom is 0.157 e. The van der Waals surface area contributed by atoms with E-state index in [1.807, 2.05) is 26.8 Å². The minimum atomic E-state index is 0.114. The quantitative estimate of drug-likeness (QED) is 0.778. The van der Waals surface area contributed by atoms with E-state index in [-0.39, 0.29) is 6.61 Å². The summed E-state index contributed by atoms with van der Waals surface area (Å²) in [6.45, 7) is 6.10. The second kappa shape index (κ2) is 4.60. The zero-order valence-corrected chi connectivity index (χ0v) is 10.1. The fourth-order valence-corrected chi connectivity index (χ4v) is 1.99. The maximum absolute atomic E-state index is 10.2. The lowest BCUT2D eigenvalue weighted by Crippen LogP contribution is -2.02. The smallest absolute Gasteiger partial charge is 0.157 e. The van der Waals surface area contributed by atoms with Gasteiger partial charge in [0.15, 0.2) is 6.29 Å². The Morgan fingerprint density at radius 2 is 2.00 bits per heavy atom. The number of rotatable bonds is 3. The number of carbonyl (C=O) groups is 1. The predicted octanol–water partition coefficient (Wildman–Crippen LogP) is 2.95. The Hall–Kier alpha value is -0.830. The lowest BCUT2D eigenvalue weighted by molar-refractivity contribution is -0.109. The molecule has 0 N–H and O–H groups in total. The summed E-state index contributed by atoms with van der Waals surface area (Å²) < 4.78 is 6.44. The molecule has 0 amide bonds. The highest BCUT2D eigenvalue weighted by atomic mass is 79.9. The van der Waals surface area contributed by atoms with Crippen molar-refractivity contribution in [2.24, 2.45) is 0 Å². The van der Waals surface area contributed by atoms with Gasteiger partial charge in [-0.25, -0.2) is 0 Å². The summed E-state index contributed by atoms with van der Waals surface area (Å²) in [4.78, 5) is 10.2. The van der Waals surface area contributed by atoms with Gasteiger partial charge in [-0.2, -0.15) is 0 Å². The van der Waals surface area contributed by atoms with Crippen molar-refractivity contribution < 1.29 is 9.53 Å². The topological polar surface area (TPSA) is 26.3 Å². The monoisotopic (exact) mass is 256 g/mol. The van der Waals surface area contributed by atoms with E-state index >= 15 is 0 Å². The summed E-state index contributed by atoms with van der Waals surface area (Å²) in [5, 5.41) is 0. The van der Waals surface area contributed by atoms with Crippen molar-refractivity contribution in [3.05, 3.63) is 27.2 Å². The first-order chi connectivity index (χ1) is 6.57. The van der Waals surface area contributed by atoms with Crippen LogP contribution in [-0.2, 0) is 4.79 Å². The molecule has 1 aromatic carbocycles. The first kappa shape index (κ1) is 11.2. The van der Waals surface area contributed by atoms with Crippen molar-refractivity contribution in [1.29, 1.82) is 0 Å². The SMILES string of the molecule is Cc1cc(Br)c(C)c(C)c1OCC=O. The molecule has 0 atom stereocenters. The first-order valence-corrected chi connectivity index (χ1v) is 5.20. The summed E-state index contributed by atoms with van der Waals surface area (Å²) in [6.07, 6.45) is 0.760. The van der Waals surface area contributed by atoms with Gasteiger partial charge in [-0.15, -0.1) is 0 Å². The molecule has 0 aliphatic heterocycles. The van der Waals surface area contributed by atoms with Crippen LogP contribution in [0.15, 0.2) is 10.5 Å². The van der Waals surface area contributed by atoms with Gasteiger partial charge in [0, 0.05) is 4.47 Å². The third-order valence-corrected chi connectivity index (χ3v) is 3.08. The van der Waals surface area contributed by atoms with E-state index in [9.17, 15) is 4.79 Å². The Morgan fingerprint density at radius 1 is 1.36 bits per heavy atom. The lowest BCUT2D eigenvalue weighted by Gasteiger charge is -2.13. The van der Waals surface area contributed by atoms with Crippen LogP contribution in [0, 0.1) is 20.8 Å². The van der Waals surface area contributed by atoms with Gasteiger partial charge >= 0.3 is 0 Å². The Labute approximate surface area is 92.4 Å². The number of benzene rings is 1. The van der Waals surface area contributed by atoms with Crippen LogP contribution in [0.1, 0.15) is 16.7 Å². The molecule has 0 radical (unpaired) electrons. The zero-order chi connectivity index (χ0) is 10.7. The highest BCUT2D eigenvalue weighted by Crippen LogP contribution is 2.31. The van der Waals surface area contributed by atoms with Gasteiger partial charge in [0.1, 0.15) is 12.4 Å². The molecule has 0 aliphatic carbocycles. The minimum absolute atomic E-state index is 0.114. The number of aryl methyl sites for hydroxylation is 1. The summed E-state index contributed by atoms with van der Waals surface area (Å²) in [5.74, 6) is 0.817. The molecule has 2 nitrogen and oxygen atoms in total. The van der Waals surface area contributed by atoms with E-state index in [4.69, 9.17) is 4.74 Å². The second-order valence-electron chi connectivity index (χ2n) is 3.23. The average molecular weight is 257 g/mol. The van der Waals surface area contributed by atoms with E-state index in [2.05, 4.69) is 15.9 Å². The number of hydrogen-bond donors (Lipinski definition) is 0. The molecule has 0 aliphatic rings. The minimum Gasteiger partial charge on any atom is -0.486 e. The average Bonchev–Trinajstić information content (AvgIpc) is 2.14. The number of halogens is 1. The molecule has 0 saturated carbocycles. The van der Waals surface area contributed by atoms with Gasteiger partial charge in [0.05, 0.1) is 0 Å². The van der Waals surface area contributed by atoms with Gasteiger partial charge in [-0.3, -0.25) is 4.79 Å². The van der Waals surface area contributed by atoms with Gasteiger partial charge in [0.2, 0.25) is 0 Å². The van der Waals surface area contributed by atoms with Crippen LogP contribution < -0.4 is 4.74 Å². The summed E-state index contributed by atoms with van der Waals surface area (Å²) >= 11 is 3.47. The van der Waals surface area contributed by atoms with Gasteiger partial charge < -0.3 is 4.74 Å². The van der Waals surface area contributed by atoms with E-state index in [1.165, 1.54) is 0 Å². The van der Waals surface area contributed by atoms with Crippen molar-refractivity contribution in [3.63, 3.8) is 0 Å². The molecular formula is C11H13BrO2. The van der Waals surface area contributed by atoms with E-state index < -0.39 is 0 Å². The van der Waals surface area contributed by atoms with Crippen molar-refractivity contribution >= 4 is 22.2 Å². The van der Waals surface area contributed by atoms with Gasteiger partial charge in [-0.1, -0.05) is 15.9 Å². The molecule has 0 saturated heterocycles. The summed E-state index contributed by atoms with van der Waals surface area (Å²) in [6, 6.07) is 2.00. The number of hydrogen-bond acceptors (Lipinski definition) is 2. The summed E-state index contributed by atoms with van der Waals surface area (Å²) in [7, 11) is 0. The summed E-state index contributed by atoms with van der Waals surface area (Å²) in [5.41, 5.74) is 3.28. The van der Waals surface area contributed by atoms with Gasteiger partial charge in [-0.05, 0) is 43.5 Å². The van der Waals surface area contributed by atoms with Crippen LogP contribution in [0.4, 0.5) is 0 Å². The molecule has 0 spiro atoms. The van der Waals surface area contributed by atoms with Crippen LogP contribution in [0.3, 0.4) is 0 Å². The van der Waals surface area contributed by atoms with Crippen molar-refractivity contribution in [1.82, 2.24) is 0 Å². The molecule has 0 unspecified atom stereocenters. The third-order valence-electron chi connectivity index (χ3n) is 2.26. The van der Waals surface area contributed by atoms with Gasteiger partial charge in [0.25, 0.3) is 0 Å². The van der Waals surface area contributed by atoms with Crippen molar-refractivity contribution in [2.45, 2.75) is 20.8 Å². The predicted molar refractivity (Wildman–Crippen MR) is 59.9 cm³/mol. The van der Waals surface area contributed by atoms with Crippen LogP contribution in [0.2, 0.25) is 0 Å². The van der Waals surface area contributed by atoms with Crippen molar-refractivity contribution in [2.75, 3.05) is 6.61 Å². The molecule has 76 valence electrons. The Morgan fingerprint density at radius 3 is 2.57 bits per heavy atom. The van der Waals surface area contributed by atoms with Crippen LogP contribution in [-0.4, -0.2) is 12.9 Å². The number of ether oxygens (including phenoxy) is 1. The molecule has 1 aromatic rings. The second-order valence-corrected chi connectivity index (χ2v) is 4.09. The van der Waals surface area contributed by atoms with E-state index in [0.717, 1.165) is 33.2 Å². The Bertz CT molecular complexity index is 359. The first-order valence-electron chi connectivity index (χ1n) is 4.40. The lowest BCUT2D eigenvalue weighted by atomic mass is 10.1. The van der Waals surface area contributed by atoms with Crippen LogP contribution >= 0.6 is 15.9 Å². The van der Waals surface area contributed by atoms with Crippen LogP contribution in [0.5, 0.6) is 5.75 Å². The highest BCUT2D eigenvalue weighted by molar-refractivity contribution is 9.10. The molecule has 0 fully saturated rings. The zero-order valence-electron chi connectivity index (χ0n) is 8.56. The largest absolute Gasteiger partial charge is 0.486 e. The molecule has 0 heterocycles. The fourth-order valence-electron chi connectivity index (χ4n) is 1.35. The van der Waals surface area contributed by atoms with Crippen LogP contribution in [0.25, 0.3) is 0 Å².